The average molecular weight is 554 g/mol. The highest BCUT2D eigenvalue weighted by atomic mass is 32.2. The Bertz CT molecular complexity index is 1580. The van der Waals surface area contributed by atoms with Crippen LogP contribution in [0.5, 0.6) is 0 Å². The number of carbonyl (C=O) groups is 1. The lowest BCUT2D eigenvalue weighted by Crippen LogP contribution is -2.49. The Morgan fingerprint density at radius 3 is 2.38 bits per heavy atom. The number of para-hydroxylation sites is 1. The van der Waals surface area contributed by atoms with Crippen LogP contribution in [0, 0.1) is 5.82 Å². The van der Waals surface area contributed by atoms with E-state index in [9.17, 15) is 9.18 Å². The van der Waals surface area contributed by atoms with Crippen LogP contribution in [0.25, 0.3) is 11.6 Å². The van der Waals surface area contributed by atoms with Gasteiger partial charge in [-0.3, -0.25) is 9.36 Å². The number of nitrogens with zero attached hydrogens (tertiary/aromatic N) is 5. The molecule has 1 saturated heterocycles. The maximum Gasteiger partial charge on any atom is 0.254 e. The second-order valence-electron chi connectivity index (χ2n) is 9.53. The van der Waals surface area contributed by atoms with Crippen molar-refractivity contribution >= 4 is 23.4 Å². The largest absolute Gasteiger partial charge is 0.461 e. The normalized spacial score (nSPS) is 13.5. The van der Waals surface area contributed by atoms with Crippen LogP contribution >= 0.6 is 11.8 Å². The van der Waals surface area contributed by atoms with Gasteiger partial charge in [0.1, 0.15) is 5.82 Å². The van der Waals surface area contributed by atoms with Crippen molar-refractivity contribution in [3.8, 4) is 11.6 Å². The van der Waals surface area contributed by atoms with Gasteiger partial charge in [0.05, 0.1) is 18.5 Å². The third-order valence-corrected chi connectivity index (χ3v) is 8.02. The Kier molecular flexibility index (Phi) is 7.63. The molecule has 3 aromatic carbocycles. The minimum Gasteiger partial charge on any atom is -0.461 e. The van der Waals surface area contributed by atoms with Gasteiger partial charge in [-0.15, -0.1) is 10.2 Å². The number of aromatic nitrogens is 3. The average Bonchev–Trinajstić information content (AvgIpc) is 3.67. The molecule has 0 atom stereocenters. The van der Waals surface area contributed by atoms with E-state index in [2.05, 4.69) is 22.3 Å². The van der Waals surface area contributed by atoms with Gasteiger partial charge in [0.15, 0.2) is 10.9 Å². The van der Waals surface area contributed by atoms with Crippen molar-refractivity contribution in [1.29, 1.82) is 0 Å². The summed E-state index contributed by atoms with van der Waals surface area (Å²) in [6.07, 6.45) is 1.63. The van der Waals surface area contributed by atoms with Gasteiger partial charge in [0, 0.05) is 37.5 Å². The summed E-state index contributed by atoms with van der Waals surface area (Å²) in [5, 5.41) is 9.65. The van der Waals surface area contributed by atoms with Crippen molar-refractivity contribution in [3.63, 3.8) is 0 Å². The molecule has 0 radical (unpaired) electrons. The van der Waals surface area contributed by atoms with E-state index in [1.807, 2.05) is 75.0 Å². The molecule has 202 valence electrons. The molecule has 1 fully saturated rings. The zero-order valence-electron chi connectivity index (χ0n) is 21.8. The fourth-order valence-electron chi connectivity index (χ4n) is 4.92. The van der Waals surface area contributed by atoms with Crippen molar-refractivity contribution in [1.82, 2.24) is 19.7 Å². The summed E-state index contributed by atoms with van der Waals surface area (Å²) in [6, 6.07) is 28.4. The number of anilines is 1. The molecule has 3 heterocycles. The zero-order chi connectivity index (χ0) is 27.3. The number of thioether (sulfide) groups is 1. The number of carbonyl (C=O) groups excluding carboxylic acids is 1. The molecule has 0 unspecified atom stereocenters. The number of furan rings is 1. The molecule has 1 aliphatic heterocycles. The summed E-state index contributed by atoms with van der Waals surface area (Å²) in [4.78, 5) is 17.4. The molecule has 0 N–H and O–H groups in total. The Morgan fingerprint density at radius 1 is 0.850 bits per heavy atom. The number of piperazine rings is 1. The van der Waals surface area contributed by atoms with Crippen molar-refractivity contribution in [2.24, 2.45) is 0 Å². The van der Waals surface area contributed by atoms with E-state index in [0.717, 1.165) is 16.3 Å². The number of hydrogen-bond acceptors (Lipinski definition) is 6. The van der Waals surface area contributed by atoms with E-state index in [-0.39, 0.29) is 11.7 Å². The van der Waals surface area contributed by atoms with Gasteiger partial charge < -0.3 is 14.2 Å². The highest BCUT2D eigenvalue weighted by Crippen LogP contribution is 2.29. The first-order valence-electron chi connectivity index (χ1n) is 13.2. The van der Waals surface area contributed by atoms with Gasteiger partial charge in [-0.25, -0.2) is 4.39 Å². The molecule has 7 nitrogen and oxygen atoms in total. The summed E-state index contributed by atoms with van der Waals surface area (Å²) in [6.45, 7) is 2.83. The number of halogens is 1. The second kappa shape index (κ2) is 11.8. The SMILES string of the molecule is O=C(c1ccccc1CSc1nnc(-c2ccco2)n1Cc1ccccc1)N1CCN(c2ccccc2F)CC1. The zero-order valence-corrected chi connectivity index (χ0v) is 22.6. The van der Waals surface area contributed by atoms with Gasteiger partial charge in [0.2, 0.25) is 5.82 Å². The molecular formula is C31H28FN5O2S. The second-order valence-corrected chi connectivity index (χ2v) is 10.5. The number of rotatable bonds is 8. The van der Waals surface area contributed by atoms with E-state index >= 15 is 0 Å². The minimum absolute atomic E-state index is 0.00795. The first kappa shape index (κ1) is 25.9. The predicted molar refractivity (Wildman–Crippen MR) is 154 cm³/mol. The lowest BCUT2D eigenvalue weighted by molar-refractivity contribution is 0.0746. The van der Waals surface area contributed by atoms with Crippen LogP contribution in [0.3, 0.4) is 0 Å². The maximum atomic E-state index is 14.3. The van der Waals surface area contributed by atoms with Gasteiger partial charge in [-0.05, 0) is 41.5 Å². The van der Waals surface area contributed by atoms with E-state index in [1.54, 1.807) is 30.2 Å². The molecule has 1 aliphatic rings. The third-order valence-electron chi connectivity index (χ3n) is 7.01. The molecule has 0 aliphatic carbocycles. The highest BCUT2D eigenvalue weighted by Gasteiger charge is 2.25. The lowest BCUT2D eigenvalue weighted by Gasteiger charge is -2.36. The van der Waals surface area contributed by atoms with Crippen molar-refractivity contribution < 1.29 is 13.6 Å². The topological polar surface area (TPSA) is 67.4 Å². The van der Waals surface area contributed by atoms with Crippen molar-refractivity contribution in [2.75, 3.05) is 31.1 Å². The molecule has 9 heteroatoms. The van der Waals surface area contributed by atoms with Crippen LogP contribution in [-0.2, 0) is 12.3 Å². The molecule has 2 aromatic heterocycles. The maximum absolute atomic E-state index is 14.3. The van der Waals surface area contributed by atoms with E-state index < -0.39 is 0 Å². The Morgan fingerprint density at radius 2 is 1.60 bits per heavy atom. The first-order valence-corrected chi connectivity index (χ1v) is 14.2. The molecule has 6 rings (SSSR count). The monoisotopic (exact) mass is 553 g/mol. The summed E-state index contributed by atoms with van der Waals surface area (Å²) in [5.74, 6) is 1.63. The third kappa shape index (κ3) is 5.51. The fourth-order valence-corrected chi connectivity index (χ4v) is 5.86. The van der Waals surface area contributed by atoms with Crippen LogP contribution in [0.15, 0.2) is 107 Å². The van der Waals surface area contributed by atoms with Crippen LogP contribution in [-0.4, -0.2) is 51.8 Å². The Balaban J connectivity index is 1.18. The quantitative estimate of drug-likeness (QED) is 0.220. The number of benzene rings is 3. The molecule has 0 spiro atoms. The molecule has 5 aromatic rings. The molecule has 1 amide bonds. The van der Waals surface area contributed by atoms with Gasteiger partial charge in [-0.2, -0.15) is 0 Å². The van der Waals surface area contributed by atoms with E-state index in [0.29, 0.717) is 61.3 Å². The first-order chi connectivity index (χ1) is 19.7. The molecular weight excluding hydrogens is 525 g/mol. The minimum atomic E-state index is -0.236. The number of amides is 1. The van der Waals surface area contributed by atoms with Gasteiger partial charge >= 0.3 is 0 Å². The molecule has 0 saturated carbocycles. The van der Waals surface area contributed by atoms with Crippen LogP contribution < -0.4 is 4.90 Å². The Hall–Kier alpha value is -4.37. The molecule has 40 heavy (non-hydrogen) atoms. The van der Waals surface area contributed by atoms with Gasteiger partial charge in [0.25, 0.3) is 5.91 Å². The van der Waals surface area contributed by atoms with Gasteiger partial charge in [-0.1, -0.05) is 72.4 Å². The summed E-state index contributed by atoms with van der Waals surface area (Å²) in [7, 11) is 0. The van der Waals surface area contributed by atoms with E-state index in [4.69, 9.17) is 4.42 Å². The smallest absolute Gasteiger partial charge is 0.254 e. The molecule has 0 bridgehead atoms. The highest BCUT2D eigenvalue weighted by molar-refractivity contribution is 7.98. The Labute approximate surface area is 236 Å². The van der Waals surface area contributed by atoms with Crippen LogP contribution in [0.1, 0.15) is 21.5 Å². The van der Waals surface area contributed by atoms with Crippen LogP contribution in [0.4, 0.5) is 10.1 Å². The number of hydrogen-bond donors (Lipinski definition) is 0. The fraction of sp³-hybridized carbons (Fsp3) is 0.194. The van der Waals surface area contributed by atoms with Crippen molar-refractivity contribution in [3.05, 3.63) is 120 Å². The summed E-state index contributed by atoms with van der Waals surface area (Å²) in [5.41, 5.74) is 3.32. The summed E-state index contributed by atoms with van der Waals surface area (Å²) >= 11 is 1.54. The van der Waals surface area contributed by atoms with E-state index in [1.165, 1.54) is 6.07 Å². The van der Waals surface area contributed by atoms with Crippen molar-refractivity contribution in [2.45, 2.75) is 17.5 Å². The van der Waals surface area contributed by atoms with Crippen LogP contribution in [0.2, 0.25) is 0 Å². The standard InChI is InChI=1S/C31H28FN5O2S/c32-26-13-6-7-14-27(26)35-16-18-36(19-17-35)30(38)25-12-5-4-11-24(25)22-40-31-34-33-29(28-15-8-20-39-28)37(31)21-23-9-2-1-3-10-23/h1-15,20H,16-19,21-22H2. The predicted octanol–water partition coefficient (Wildman–Crippen LogP) is 5.98. The summed E-state index contributed by atoms with van der Waals surface area (Å²) < 4.78 is 21.9. The lowest BCUT2D eigenvalue weighted by atomic mass is 10.1.